The molecule has 0 spiro atoms. The Morgan fingerprint density at radius 3 is 2.26 bits per heavy atom. The Bertz CT molecular complexity index is 1030. The SMILES string of the molecule is Cc1cc(Br)c(NC(=O)COC(=O)c2cc3ccccc3cc2O)c(Br)c1. The third-order valence-corrected chi connectivity index (χ3v) is 5.12. The number of ether oxygens (including phenoxy) is 1. The number of carbonyl (C=O) groups is 2. The van der Waals surface area contributed by atoms with Crippen molar-refractivity contribution < 1.29 is 19.4 Å². The van der Waals surface area contributed by atoms with Gasteiger partial charge in [0.25, 0.3) is 5.91 Å². The number of carbonyl (C=O) groups excluding carboxylic acids is 2. The topological polar surface area (TPSA) is 75.6 Å². The number of esters is 1. The molecule has 0 bridgehead atoms. The maximum Gasteiger partial charge on any atom is 0.342 e. The largest absolute Gasteiger partial charge is 0.507 e. The van der Waals surface area contributed by atoms with Crippen LogP contribution in [-0.2, 0) is 9.53 Å². The van der Waals surface area contributed by atoms with E-state index in [1.807, 2.05) is 43.3 Å². The van der Waals surface area contributed by atoms with Gasteiger partial charge in [-0.2, -0.15) is 0 Å². The fourth-order valence-electron chi connectivity index (χ4n) is 2.60. The average Bonchev–Trinajstić information content (AvgIpc) is 2.62. The van der Waals surface area contributed by atoms with E-state index in [1.165, 1.54) is 12.1 Å². The molecule has 3 aromatic rings. The van der Waals surface area contributed by atoms with Gasteiger partial charge in [0, 0.05) is 8.95 Å². The molecule has 3 aromatic carbocycles. The van der Waals surface area contributed by atoms with Gasteiger partial charge < -0.3 is 15.2 Å². The van der Waals surface area contributed by atoms with Gasteiger partial charge in [-0.3, -0.25) is 4.79 Å². The van der Waals surface area contributed by atoms with Crippen LogP contribution in [0.2, 0.25) is 0 Å². The Kier molecular flexibility index (Phi) is 5.82. The quantitative estimate of drug-likeness (QED) is 0.492. The molecule has 0 aliphatic heterocycles. The molecule has 0 radical (unpaired) electrons. The Morgan fingerprint density at radius 2 is 1.63 bits per heavy atom. The van der Waals surface area contributed by atoms with Crippen LogP contribution >= 0.6 is 31.9 Å². The minimum atomic E-state index is -0.768. The Labute approximate surface area is 172 Å². The van der Waals surface area contributed by atoms with Crippen molar-refractivity contribution in [3.05, 3.63) is 68.6 Å². The molecule has 0 saturated heterocycles. The van der Waals surface area contributed by atoms with E-state index in [1.54, 1.807) is 0 Å². The van der Waals surface area contributed by atoms with Crippen LogP contribution in [0.4, 0.5) is 5.69 Å². The molecular weight excluding hydrogens is 478 g/mol. The summed E-state index contributed by atoms with van der Waals surface area (Å²) in [7, 11) is 0. The molecule has 0 aromatic heterocycles. The number of fused-ring (bicyclic) bond motifs is 1. The molecule has 0 aliphatic rings. The molecule has 0 aliphatic carbocycles. The van der Waals surface area contributed by atoms with E-state index in [9.17, 15) is 14.7 Å². The summed E-state index contributed by atoms with van der Waals surface area (Å²) in [5, 5.41) is 14.3. The highest BCUT2D eigenvalue weighted by molar-refractivity contribution is 9.11. The number of aryl methyl sites for hydroxylation is 1. The van der Waals surface area contributed by atoms with Crippen molar-refractivity contribution in [3.63, 3.8) is 0 Å². The van der Waals surface area contributed by atoms with Crippen LogP contribution in [0, 0.1) is 6.92 Å². The Balaban J connectivity index is 1.69. The van der Waals surface area contributed by atoms with Crippen molar-refractivity contribution in [2.75, 3.05) is 11.9 Å². The highest BCUT2D eigenvalue weighted by Gasteiger charge is 2.17. The first kappa shape index (κ1) is 19.4. The second kappa shape index (κ2) is 8.10. The molecule has 1 amide bonds. The van der Waals surface area contributed by atoms with Gasteiger partial charge >= 0.3 is 5.97 Å². The molecule has 7 heteroatoms. The summed E-state index contributed by atoms with van der Waals surface area (Å²) in [5.74, 6) is -1.45. The second-order valence-electron chi connectivity index (χ2n) is 5.94. The zero-order valence-electron chi connectivity index (χ0n) is 14.3. The van der Waals surface area contributed by atoms with Crippen LogP contribution in [0.3, 0.4) is 0 Å². The molecule has 2 N–H and O–H groups in total. The number of benzene rings is 3. The molecule has 5 nitrogen and oxygen atoms in total. The van der Waals surface area contributed by atoms with Crippen LogP contribution in [0.5, 0.6) is 5.75 Å². The van der Waals surface area contributed by atoms with E-state index in [2.05, 4.69) is 37.2 Å². The van der Waals surface area contributed by atoms with Crippen LogP contribution in [-0.4, -0.2) is 23.6 Å². The summed E-state index contributed by atoms with van der Waals surface area (Å²) in [6, 6.07) is 14.1. The Hall–Kier alpha value is -2.38. The first-order valence-corrected chi connectivity index (χ1v) is 9.58. The van der Waals surface area contributed by atoms with Gasteiger partial charge in [-0.1, -0.05) is 24.3 Å². The van der Waals surface area contributed by atoms with Crippen molar-refractivity contribution >= 4 is 60.2 Å². The molecule has 3 rings (SSSR count). The van der Waals surface area contributed by atoms with Gasteiger partial charge in [-0.25, -0.2) is 4.79 Å². The lowest BCUT2D eigenvalue weighted by Gasteiger charge is -2.11. The number of nitrogens with one attached hydrogen (secondary N) is 1. The summed E-state index contributed by atoms with van der Waals surface area (Å²) in [6.45, 7) is 1.46. The summed E-state index contributed by atoms with van der Waals surface area (Å²) in [4.78, 5) is 24.4. The fraction of sp³-hybridized carbons (Fsp3) is 0.100. The smallest absolute Gasteiger partial charge is 0.342 e. The normalized spacial score (nSPS) is 10.6. The first-order chi connectivity index (χ1) is 12.8. The van der Waals surface area contributed by atoms with Crippen molar-refractivity contribution in [2.24, 2.45) is 0 Å². The molecular formula is C20H15Br2NO4. The summed E-state index contributed by atoms with van der Waals surface area (Å²) >= 11 is 6.78. The maximum absolute atomic E-state index is 12.3. The lowest BCUT2D eigenvalue weighted by molar-refractivity contribution is -0.119. The van der Waals surface area contributed by atoms with E-state index in [4.69, 9.17) is 4.74 Å². The van der Waals surface area contributed by atoms with Crippen molar-refractivity contribution in [1.29, 1.82) is 0 Å². The van der Waals surface area contributed by atoms with Gasteiger partial charge in [-0.15, -0.1) is 0 Å². The third kappa shape index (κ3) is 4.48. The van der Waals surface area contributed by atoms with E-state index < -0.39 is 18.5 Å². The van der Waals surface area contributed by atoms with Gasteiger partial charge in [0.05, 0.1) is 5.69 Å². The van der Waals surface area contributed by atoms with Crippen LogP contribution in [0.15, 0.2) is 57.5 Å². The maximum atomic E-state index is 12.3. The number of aromatic hydroxyl groups is 1. The standard InChI is InChI=1S/C20H15Br2NO4/c1-11-6-15(21)19(16(22)7-11)23-18(25)10-27-20(26)14-8-12-4-2-3-5-13(12)9-17(14)24/h2-9,24H,10H2,1H3,(H,23,25). The number of amides is 1. The number of phenols is 1. The van der Waals surface area contributed by atoms with E-state index in [0.29, 0.717) is 14.6 Å². The van der Waals surface area contributed by atoms with Crippen molar-refractivity contribution in [1.82, 2.24) is 0 Å². The summed E-state index contributed by atoms with van der Waals surface area (Å²) < 4.78 is 6.47. The molecule has 0 saturated carbocycles. The molecule has 0 atom stereocenters. The molecule has 0 heterocycles. The number of rotatable bonds is 4. The zero-order valence-corrected chi connectivity index (χ0v) is 17.4. The summed E-state index contributed by atoms with van der Waals surface area (Å²) in [6.07, 6.45) is 0. The van der Waals surface area contributed by atoms with Gasteiger partial charge in [0.15, 0.2) is 6.61 Å². The lowest BCUT2D eigenvalue weighted by atomic mass is 10.1. The predicted octanol–water partition coefficient (Wildman–Crippen LogP) is 5.17. The highest BCUT2D eigenvalue weighted by atomic mass is 79.9. The van der Waals surface area contributed by atoms with Crippen LogP contribution < -0.4 is 5.32 Å². The summed E-state index contributed by atoms with van der Waals surface area (Å²) in [5.41, 5.74) is 1.58. The first-order valence-electron chi connectivity index (χ1n) is 7.99. The minimum absolute atomic E-state index is 0.0131. The monoisotopic (exact) mass is 491 g/mol. The highest BCUT2D eigenvalue weighted by Crippen LogP contribution is 2.32. The molecule has 27 heavy (non-hydrogen) atoms. The predicted molar refractivity (Wildman–Crippen MR) is 111 cm³/mol. The van der Waals surface area contributed by atoms with Crippen LogP contribution in [0.25, 0.3) is 10.8 Å². The minimum Gasteiger partial charge on any atom is -0.507 e. The lowest BCUT2D eigenvalue weighted by Crippen LogP contribution is -2.21. The van der Waals surface area contributed by atoms with E-state index in [-0.39, 0.29) is 11.3 Å². The number of hydrogen-bond acceptors (Lipinski definition) is 4. The van der Waals surface area contributed by atoms with E-state index >= 15 is 0 Å². The Morgan fingerprint density at radius 1 is 1.04 bits per heavy atom. The second-order valence-corrected chi connectivity index (χ2v) is 7.65. The molecule has 0 unspecified atom stereocenters. The number of anilines is 1. The van der Waals surface area contributed by atoms with Gasteiger partial charge in [0.1, 0.15) is 11.3 Å². The number of halogens is 2. The average molecular weight is 493 g/mol. The fourth-order valence-corrected chi connectivity index (χ4v) is 4.21. The van der Waals surface area contributed by atoms with Crippen molar-refractivity contribution in [3.8, 4) is 5.75 Å². The van der Waals surface area contributed by atoms with Crippen LogP contribution in [0.1, 0.15) is 15.9 Å². The van der Waals surface area contributed by atoms with Gasteiger partial charge in [0.2, 0.25) is 0 Å². The zero-order chi connectivity index (χ0) is 19.6. The third-order valence-electron chi connectivity index (χ3n) is 3.87. The molecule has 138 valence electrons. The van der Waals surface area contributed by atoms with Crippen molar-refractivity contribution in [2.45, 2.75) is 6.92 Å². The number of phenolic OH excluding ortho intramolecular Hbond substituents is 1. The molecule has 0 fully saturated rings. The van der Waals surface area contributed by atoms with Gasteiger partial charge in [-0.05, 0) is 79.4 Å². The number of hydrogen-bond donors (Lipinski definition) is 2. The van der Waals surface area contributed by atoms with E-state index in [0.717, 1.165) is 16.3 Å².